The lowest BCUT2D eigenvalue weighted by Crippen LogP contribution is -2.40. The van der Waals surface area contributed by atoms with E-state index in [4.69, 9.17) is 4.74 Å². The maximum Gasteiger partial charge on any atom is 0.228 e. The van der Waals surface area contributed by atoms with Crippen molar-refractivity contribution in [2.75, 3.05) is 25.0 Å². The van der Waals surface area contributed by atoms with Crippen LogP contribution in [0, 0.1) is 6.92 Å². The number of hydrogen-bond acceptors (Lipinski definition) is 4. The van der Waals surface area contributed by atoms with Gasteiger partial charge in [-0.15, -0.1) is 24.8 Å². The molecule has 1 amide bonds. The van der Waals surface area contributed by atoms with Gasteiger partial charge < -0.3 is 15.4 Å². The molecule has 0 saturated carbocycles. The molecule has 7 heteroatoms. The topological polar surface area (TPSA) is 63.2 Å². The van der Waals surface area contributed by atoms with Crippen LogP contribution in [0.15, 0.2) is 18.3 Å². The Kier molecular flexibility index (Phi) is 8.67. The van der Waals surface area contributed by atoms with Crippen molar-refractivity contribution in [1.29, 1.82) is 0 Å². The lowest BCUT2D eigenvalue weighted by molar-refractivity contribution is -0.119. The van der Waals surface area contributed by atoms with Crippen molar-refractivity contribution in [3.05, 3.63) is 23.9 Å². The van der Waals surface area contributed by atoms with E-state index < -0.39 is 0 Å². The van der Waals surface area contributed by atoms with E-state index in [-0.39, 0.29) is 36.8 Å². The number of morpholine rings is 1. The third-order valence-electron chi connectivity index (χ3n) is 2.60. The van der Waals surface area contributed by atoms with Crippen molar-refractivity contribution in [3.8, 4) is 0 Å². The number of carbonyl (C=O) groups excluding carboxylic acids is 1. The van der Waals surface area contributed by atoms with Crippen molar-refractivity contribution in [1.82, 2.24) is 10.3 Å². The summed E-state index contributed by atoms with van der Waals surface area (Å²) < 4.78 is 5.47. The molecule has 0 radical (unpaired) electrons. The Labute approximate surface area is 125 Å². The number of aryl methyl sites for hydroxylation is 1. The Hall–Kier alpha value is -0.880. The number of aromatic nitrogens is 1. The Morgan fingerprint density at radius 2 is 2.37 bits per heavy atom. The van der Waals surface area contributed by atoms with Gasteiger partial charge in [-0.2, -0.15) is 0 Å². The SMILES string of the molecule is Cc1ccnc(NC(=O)CC2CNCCO2)c1.Cl.Cl. The predicted octanol–water partition coefficient (Wildman–Crippen LogP) is 1.55. The fourth-order valence-electron chi connectivity index (χ4n) is 1.76. The molecule has 1 unspecified atom stereocenters. The van der Waals surface area contributed by atoms with E-state index >= 15 is 0 Å². The van der Waals surface area contributed by atoms with Gasteiger partial charge in [-0.1, -0.05) is 0 Å². The van der Waals surface area contributed by atoms with Crippen LogP contribution in [0.4, 0.5) is 5.82 Å². The minimum Gasteiger partial charge on any atom is -0.375 e. The van der Waals surface area contributed by atoms with E-state index in [2.05, 4.69) is 15.6 Å². The van der Waals surface area contributed by atoms with Crippen LogP contribution >= 0.6 is 24.8 Å². The zero-order valence-electron chi connectivity index (χ0n) is 10.7. The summed E-state index contributed by atoms with van der Waals surface area (Å²) in [6.45, 7) is 4.22. The average molecular weight is 308 g/mol. The molecule has 1 aromatic heterocycles. The summed E-state index contributed by atoms with van der Waals surface area (Å²) in [7, 11) is 0. The number of hydrogen-bond donors (Lipinski definition) is 2. The van der Waals surface area contributed by atoms with Gasteiger partial charge in [0.1, 0.15) is 5.82 Å². The molecular weight excluding hydrogens is 289 g/mol. The van der Waals surface area contributed by atoms with Crippen LogP contribution in [0.1, 0.15) is 12.0 Å². The van der Waals surface area contributed by atoms with Gasteiger partial charge in [-0.05, 0) is 24.6 Å². The van der Waals surface area contributed by atoms with Crippen molar-refractivity contribution < 1.29 is 9.53 Å². The van der Waals surface area contributed by atoms with Crippen LogP contribution in [0.3, 0.4) is 0 Å². The number of ether oxygens (including phenoxy) is 1. The number of halogens is 2. The first-order chi connectivity index (χ1) is 8.24. The average Bonchev–Trinajstić information content (AvgIpc) is 2.30. The van der Waals surface area contributed by atoms with Crippen LogP contribution < -0.4 is 10.6 Å². The highest BCUT2D eigenvalue weighted by Crippen LogP contribution is 2.08. The standard InChI is InChI=1S/C12H17N3O2.2ClH/c1-9-2-3-14-11(6-9)15-12(16)7-10-8-13-4-5-17-10;;/h2-3,6,10,13H,4-5,7-8H2,1H3,(H,14,15,16);2*1H. The summed E-state index contributed by atoms with van der Waals surface area (Å²) >= 11 is 0. The lowest BCUT2D eigenvalue weighted by atomic mass is 10.2. The van der Waals surface area contributed by atoms with Gasteiger partial charge in [-0.25, -0.2) is 4.98 Å². The Bertz CT molecular complexity index is 398. The number of amides is 1. The molecule has 1 atom stereocenters. The molecule has 2 rings (SSSR count). The minimum absolute atomic E-state index is 0. The van der Waals surface area contributed by atoms with Crippen molar-refractivity contribution in [3.63, 3.8) is 0 Å². The molecule has 2 N–H and O–H groups in total. The van der Waals surface area contributed by atoms with Gasteiger partial charge in [0, 0.05) is 19.3 Å². The maximum absolute atomic E-state index is 11.7. The molecule has 0 aromatic carbocycles. The number of nitrogens with zero attached hydrogens (tertiary/aromatic N) is 1. The number of pyridine rings is 1. The normalized spacial score (nSPS) is 17.8. The fourth-order valence-corrected chi connectivity index (χ4v) is 1.76. The third-order valence-corrected chi connectivity index (χ3v) is 2.60. The van der Waals surface area contributed by atoms with E-state index in [0.717, 1.165) is 18.7 Å². The molecular formula is C12H19Cl2N3O2. The predicted molar refractivity (Wildman–Crippen MR) is 79.3 cm³/mol. The van der Waals surface area contributed by atoms with Crippen molar-refractivity contribution >= 4 is 36.5 Å². The highest BCUT2D eigenvalue weighted by molar-refractivity contribution is 5.90. The zero-order valence-corrected chi connectivity index (χ0v) is 12.4. The van der Waals surface area contributed by atoms with Crippen LogP contribution in [-0.4, -0.2) is 36.7 Å². The molecule has 1 saturated heterocycles. The summed E-state index contributed by atoms with van der Waals surface area (Å²) in [6, 6.07) is 3.74. The number of carbonyl (C=O) groups is 1. The molecule has 5 nitrogen and oxygen atoms in total. The minimum atomic E-state index is -0.0585. The van der Waals surface area contributed by atoms with Gasteiger partial charge in [-0.3, -0.25) is 4.79 Å². The first kappa shape index (κ1) is 18.1. The van der Waals surface area contributed by atoms with E-state index in [1.165, 1.54) is 0 Å². The molecule has 2 heterocycles. The van der Waals surface area contributed by atoms with E-state index in [1.807, 2.05) is 19.1 Å². The third kappa shape index (κ3) is 6.20. The molecule has 108 valence electrons. The number of nitrogens with one attached hydrogen (secondary N) is 2. The molecule has 0 bridgehead atoms. The monoisotopic (exact) mass is 307 g/mol. The Morgan fingerprint density at radius 1 is 1.58 bits per heavy atom. The fraction of sp³-hybridized carbons (Fsp3) is 0.500. The van der Waals surface area contributed by atoms with Gasteiger partial charge in [0.25, 0.3) is 0 Å². The summed E-state index contributed by atoms with van der Waals surface area (Å²) in [5.41, 5.74) is 1.07. The molecule has 1 aromatic rings. The number of anilines is 1. The first-order valence-electron chi connectivity index (χ1n) is 5.79. The molecule has 0 spiro atoms. The van der Waals surface area contributed by atoms with Gasteiger partial charge in [0.2, 0.25) is 5.91 Å². The molecule has 1 aliphatic heterocycles. The van der Waals surface area contributed by atoms with Gasteiger partial charge in [0.15, 0.2) is 0 Å². The molecule has 19 heavy (non-hydrogen) atoms. The van der Waals surface area contributed by atoms with Crippen LogP contribution in [0.5, 0.6) is 0 Å². The largest absolute Gasteiger partial charge is 0.375 e. The van der Waals surface area contributed by atoms with E-state index in [1.54, 1.807) is 6.20 Å². The second-order valence-corrected chi connectivity index (χ2v) is 4.17. The smallest absolute Gasteiger partial charge is 0.228 e. The summed E-state index contributed by atoms with van der Waals surface area (Å²) in [4.78, 5) is 15.8. The van der Waals surface area contributed by atoms with Gasteiger partial charge in [0.05, 0.1) is 19.1 Å². The van der Waals surface area contributed by atoms with E-state index in [9.17, 15) is 4.79 Å². The van der Waals surface area contributed by atoms with Crippen molar-refractivity contribution in [2.45, 2.75) is 19.4 Å². The quantitative estimate of drug-likeness (QED) is 0.889. The van der Waals surface area contributed by atoms with Gasteiger partial charge >= 0.3 is 0 Å². The lowest BCUT2D eigenvalue weighted by Gasteiger charge is -2.22. The molecule has 1 fully saturated rings. The highest BCUT2D eigenvalue weighted by atomic mass is 35.5. The summed E-state index contributed by atoms with van der Waals surface area (Å²) in [6.07, 6.45) is 2.01. The summed E-state index contributed by atoms with van der Waals surface area (Å²) in [5.74, 6) is 0.538. The van der Waals surface area contributed by atoms with Crippen LogP contribution in [0.2, 0.25) is 0 Å². The maximum atomic E-state index is 11.7. The second kappa shape index (κ2) is 9.09. The Balaban J connectivity index is 0.00000162. The first-order valence-corrected chi connectivity index (χ1v) is 5.79. The van der Waals surface area contributed by atoms with Crippen LogP contribution in [-0.2, 0) is 9.53 Å². The number of rotatable bonds is 3. The summed E-state index contributed by atoms with van der Waals surface area (Å²) in [5, 5.41) is 5.96. The molecule has 1 aliphatic rings. The Morgan fingerprint density at radius 3 is 3.00 bits per heavy atom. The van der Waals surface area contributed by atoms with Crippen molar-refractivity contribution in [2.24, 2.45) is 0 Å². The highest BCUT2D eigenvalue weighted by Gasteiger charge is 2.17. The van der Waals surface area contributed by atoms with E-state index in [0.29, 0.717) is 18.8 Å². The molecule has 0 aliphatic carbocycles. The zero-order chi connectivity index (χ0) is 12.1. The van der Waals surface area contributed by atoms with Crippen LogP contribution in [0.25, 0.3) is 0 Å². The second-order valence-electron chi connectivity index (χ2n) is 4.17.